The molecule has 4 aliphatic rings. The Bertz CT molecular complexity index is 1760. The molecule has 6 atom stereocenters. The van der Waals surface area contributed by atoms with E-state index in [0.717, 1.165) is 6.07 Å². The molecule has 2 fully saturated rings. The van der Waals surface area contributed by atoms with Crippen LogP contribution in [0.25, 0.3) is 5.57 Å². The number of nitrogens with zero attached hydrogens (tertiary/aromatic N) is 1. The molecular formula is C37H32FNO5. The number of rotatable bonds is 5. The number of hydrogen-bond acceptors (Lipinski definition) is 5. The molecule has 222 valence electrons. The molecule has 1 saturated carbocycles. The second kappa shape index (κ2) is 10.5. The molecule has 1 heterocycles. The molecule has 6 nitrogen and oxygen atoms in total. The summed E-state index contributed by atoms with van der Waals surface area (Å²) in [5.41, 5.74) is 0.865. The van der Waals surface area contributed by atoms with Gasteiger partial charge in [-0.1, -0.05) is 91.4 Å². The Balaban J connectivity index is 1.52. The van der Waals surface area contributed by atoms with E-state index in [1.807, 2.05) is 37.3 Å². The maximum Gasteiger partial charge on any atom is 0.233 e. The van der Waals surface area contributed by atoms with Gasteiger partial charge >= 0.3 is 0 Å². The van der Waals surface area contributed by atoms with Gasteiger partial charge in [-0.05, 0) is 48.4 Å². The second-order valence-electron chi connectivity index (χ2n) is 12.3. The van der Waals surface area contributed by atoms with E-state index in [1.54, 1.807) is 42.5 Å². The van der Waals surface area contributed by atoms with E-state index in [9.17, 15) is 24.3 Å². The molecule has 1 N–H and O–H groups in total. The van der Waals surface area contributed by atoms with Gasteiger partial charge in [-0.15, -0.1) is 0 Å². The highest BCUT2D eigenvalue weighted by Crippen LogP contribution is 2.64. The summed E-state index contributed by atoms with van der Waals surface area (Å²) in [6.07, 6.45) is 4.40. The van der Waals surface area contributed by atoms with Crippen molar-refractivity contribution < 1.29 is 28.7 Å². The number of imide groups is 1. The Morgan fingerprint density at radius 2 is 1.59 bits per heavy atom. The van der Waals surface area contributed by atoms with Gasteiger partial charge in [-0.25, -0.2) is 4.39 Å². The summed E-state index contributed by atoms with van der Waals surface area (Å²) in [7, 11) is 0. The van der Waals surface area contributed by atoms with Gasteiger partial charge in [0, 0.05) is 29.5 Å². The van der Waals surface area contributed by atoms with Crippen LogP contribution in [0.4, 0.5) is 4.39 Å². The normalized spacial score (nSPS) is 29.5. The third-order valence-electron chi connectivity index (χ3n) is 10.2. The van der Waals surface area contributed by atoms with Crippen LogP contribution in [0.15, 0.2) is 96.6 Å². The topological polar surface area (TPSA) is 91.8 Å². The van der Waals surface area contributed by atoms with Crippen LogP contribution in [0.5, 0.6) is 5.75 Å². The number of hydrogen-bond donors (Lipinski definition) is 1. The molecule has 2 amide bonds. The zero-order valence-electron chi connectivity index (χ0n) is 24.3. The van der Waals surface area contributed by atoms with E-state index >= 15 is 4.39 Å². The minimum absolute atomic E-state index is 0.169. The van der Waals surface area contributed by atoms with Crippen LogP contribution in [0.1, 0.15) is 48.8 Å². The van der Waals surface area contributed by atoms with Crippen molar-refractivity contribution in [3.05, 3.63) is 119 Å². The Morgan fingerprint density at radius 1 is 0.886 bits per heavy atom. The molecular weight excluding hydrogens is 557 g/mol. The van der Waals surface area contributed by atoms with Crippen molar-refractivity contribution in [2.75, 3.05) is 6.54 Å². The number of fused-ring (bicyclic) bond motifs is 4. The fourth-order valence-electron chi connectivity index (χ4n) is 8.49. The molecule has 0 bridgehead atoms. The van der Waals surface area contributed by atoms with Crippen LogP contribution in [0.3, 0.4) is 0 Å². The van der Waals surface area contributed by atoms with Crippen molar-refractivity contribution in [1.82, 2.24) is 4.90 Å². The lowest BCUT2D eigenvalue weighted by Crippen LogP contribution is -2.58. The molecule has 1 aliphatic heterocycles. The van der Waals surface area contributed by atoms with E-state index < -0.39 is 46.6 Å². The first kappa shape index (κ1) is 28.1. The number of benzene rings is 3. The quantitative estimate of drug-likeness (QED) is 0.302. The van der Waals surface area contributed by atoms with E-state index in [-0.39, 0.29) is 47.4 Å². The number of allylic oxidation sites excluding steroid dienone is 4. The highest BCUT2D eigenvalue weighted by atomic mass is 19.1. The van der Waals surface area contributed by atoms with Gasteiger partial charge < -0.3 is 5.11 Å². The minimum atomic E-state index is -1.51. The molecule has 7 rings (SSSR count). The Hall–Kier alpha value is -4.65. The highest BCUT2D eigenvalue weighted by Gasteiger charge is 2.66. The number of phenols is 1. The molecule has 3 aromatic carbocycles. The van der Waals surface area contributed by atoms with Crippen molar-refractivity contribution in [2.45, 2.75) is 37.5 Å². The van der Waals surface area contributed by atoms with Crippen LogP contribution < -0.4 is 0 Å². The van der Waals surface area contributed by atoms with Crippen LogP contribution in [-0.4, -0.2) is 39.9 Å². The number of para-hydroxylation sites is 1. The van der Waals surface area contributed by atoms with Crippen molar-refractivity contribution in [3.8, 4) is 5.75 Å². The third-order valence-corrected chi connectivity index (χ3v) is 10.2. The predicted octanol–water partition coefficient (Wildman–Crippen LogP) is 5.77. The lowest BCUT2D eigenvalue weighted by atomic mass is 9.44. The average molecular weight is 590 g/mol. The largest absolute Gasteiger partial charge is 0.505 e. The van der Waals surface area contributed by atoms with Gasteiger partial charge in [0.05, 0.1) is 17.3 Å². The smallest absolute Gasteiger partial charge is 0.233 e. The summed E-state index contributed by atoms with van der Waals surface area (Å²) in [5, 5.41) is 11.2. The minimum Gasteiger partial charge on any atom is -0.505 e. The maximum absolute atomic E-state index is 15.1. The van der Waals surface area contributed by atoms with Crippen LogP contribution in [0.2, 0.25) is 0 Å². The van der Waals surface area contributed by atoms with Crippen molar-refractivity contribution in [1.29, 1.82) is 0 Å². The van der Waals surface area contributed by atoms with E-state index in [0.29, 0.717) is 29.7 Å². The number of carbonyl (C=O) groups is 4. The highest BCUT2D eigenvalue weighted by molar-refractivity contribution is 6.31. The predicted molar refractivity (Wildman–Crippen MR) is 162 cm³/mol. The second-order valence-corrected chi connectivity index (χ2v) is 12.3. The van der Waals surface area contributed by atoms with Crippen molar-refractivity contribution in [2.24, 2.45) is 23.7 Å². The van der Waals surface area contributed by atoms with Gasteiger partial charge in [0.25, 0.3) is 0 Å². The average Bonchev–Trinajstić information content (AvgIpc) is 3.29. The molecule has 6 unspecified atom stereocenters. The molecule has 0 radical (unpaired) electrons. The molecule has 44 heavy (non-hydrogen) atoms. The number of ketones is 2. The third kappa shape index (κ3) is 3.84. The van der Waals surface area contributed by atoms with Gasteiger partial charge in [-0.3, -0.25) is 24.1 Å². The Morgan fingerprint density at radius 3 is 2.30 bits per heavy atom. The number of likely N-dealkylation sites (tertiary alicyclic amines) is 1. The van der Waals surface area contributed by atoms with E-state index in [2.05, 4.69) is 0 Å². The summed E-state index contributed by atoms with van der Waals surface area (Å²) < 4.78 is 15.1. The molecule has 0 spiro atoms. The van der Waals surface area contributed by atoms with Gasteiger partial charge in [-0.2, -0.15) is 0 Å². The first-order valence-corrected chi connectivity index (χ1v) is 15.2. The number of halogens is 1. The van der Waals surface area contributed by atoms with E-state index in [1.165, 1.54) is 17.0 Å². The van der Waals surface area contributed by atoms with Crippen LogP contribution >= 0.6 is 0 Å². The summed E-state index contributed by atoms with van der Waals surface area (Å²) in [5.74, 6) is -6.15. The fourth-order valence-corrected chi connectivity index (χ4v) is 8.49. The van der Waals surface area contributed by atoms with Gasteiger partial charge in [0.1, 0.15) is 0 Å². The van der Waals surface area contributed by atoms with Crippen molar-refractivity contribution >= 4 is 29.0 Å². The molecule has 3 aliphatic carbocycles. The molecule has 7 heteroatoms. The summed E-state index contributed by atoms with van der Waals surface area (Å²) in [4.78, 5) is 58.3. The van der Waals surface area contributed by atoms with Crippen LogP contribution in [0, 0.1) is 29.5 Å². The lowest BCUT2D eigenvalue weighted by Gasteiger charge is -2.55. The fraction of sp³-hybridized carbons (Fsp3) is 0.297. The zero-order valence-corrected chi connectivity index (χ0v) is 24.3. The maximum atomic E-state index is 15.1. The van der Waals surface area contributed by atoms with Crippen molar-refractivity contribution in [3.63, 3.8) is 0 Å². The molecule has 0 aromatic heterocycles. The number of Topliss-reactive ketones (excluding diaryl/α,β-unsaturated/α-hetero) is 1. The molecule has 3 aromatic rings. The summed E-state index contributed by atoms with van der Waals surface area (Å²) >= 11 is 0. The van der Waals surface area contributed by atoms with Crippen LogP contribution in [-0.2, 0) is 24.6 Å². The van der Waals surface area contributed by atoms with Gasteiger partial charge in [0.2, 0.25) is 11.8 Å². The number of amides is 2. The molecule has 1 saturated heterocycles. The zero-order chi connectivity index (χ0) is 30.7. The number of phenolic OH excluding ortho intramolecular Hbond substituents is 1. The Kier molecular flexibility index (Phi) is 6.72. The first-order chi connectivity index (χ1) is 21.3. The SMILES string of the molecule is CCCN1C(=O)C2CC=C3C(CC4C(=O)C(c5ccccc5)=CC(=O)C4(c4ccccc4)C3c3cccc(F)c3O)C2C1=O. The van der Waals surface area contributed by atoms with E-state index in [4.69, 9.17) is 0 Å². The van der Waals surface area contributed by atoms with Gasteiger partial charge in [0.15, 0.2) is 23.1 Å². The standard InChI is InChI=1S/C37H32FNO5/c1-2-18-39-35(43)24-17-16-23-27(31(24)36(39)44)19-28-33(41)26(21-10-5-3-6-11-21)20-30(40)37(28,22-12-7-4-8-13-22)32(23)25-14-9-15-29(38)34(25)42/h3-16,20,24,27-28,31-32,42H,2,17-19H2,1H3. The summed E-state index contributed by atoms with van der Waals surface area (Å²) in [6.45, 7) is 2.23. The number of carbonyl (C=O) groups excluding carboxylic acids is 4. The first-order valence-electron chi connectivity index (χ1n) is 15.2. The Labute approximate surface area is 254 Å². The monoisotopic (exact) mass is 589 g/mol. The lowest BCUT2D eigenvalue weighted by molar-refractivity contribution is -0.140. The number of aromatic hydroxyl groups is 1. The summed E-state index contributed by atoms with van der Waals surface area (Å²) in [6, 6.07) is 22.3.